The first-order valence-electron chi connectivity index (χ1n) is 8.48. The minimum Gasteiger partial charge on any atom is -0.494 e. The maximum Gasteiger partial charge on any atom is 0.201 e. The van der Waals surface area contributed by atoms with E-state index in [1.165, 1.54) is 24.8 Å². The monoisotopic (exact) mass is 348 g/mol. The first-order valence-corrected chi connectivity index (χ1v) is 8.48. The molecule has 0 amide bonds. The first kappa shape index (κ1) is 17.8. The fourth-order valence-electron chi connectivity index (χ4n) is 3.01. The Bertz CT molecular complexity index is 708. The van der Waals surface area contributed by atoms with Crippen LogP contribution in [0.5, 0.6) is 5.75 Å². The van der Waals surface area contributed by atoms with Gasteiger partial charge in [0.15, 0.2) is 17.9 Å². The van der Waals surface area contributed by atoms with E-state index < -0.39 is 17.9 Å². The second-order valence-corrected chi connectivity index (χ2v) is 6.17. The van der Waals surface area contributed by atoms with Crippen molar-refractivity contribution in [2.45, 2.75) is 32.0 Å². The Morgan fingerprint density at radius 2 is 1.68 bits per heavy atom. The molecule has 0 radical (unpaired) electrons. The van der Waals surface area contributed by atoms with Crippen molar-refractivity contribution in [2.75, 3.05) is 20.3 Å². The standard InChI is InChI=1S/C20H22F2O3/c1-3-4-13-5-7-14(8-6-13)15-11-24-20(25-12-15)16-9-10-17(23-2)19(22)18(16)21/h5-10,15,20H,3-4,11-12H2,1-2H3. The van der Waals surface area contributed by atoms with Crippen molar-refractivity contribution < 1.29 is 23.0 Å². The average Bonchev–Trinajstić information content (AvgIpc) is 2.65. The predicted octanol–water partition coefficient (Wildman–Crippen LogP) is 4.76. The highest BCUT2D eigenvalue weighted by Gasteiger charge is 2.28. The van der Waals surface area contributed by atoms with Gasteiger partial charge in [-0.2, -0.15) is 4.39 Å². The molecule has 2 aromatic carbocycles. The number of hydrogen-bond acceptors (Lipinski definition) is 3. The maximum atomic E-state index is 14.2. The fourth-order valence-corrected chi connectivity index (χ4v) is 3.01. The van der Waals surface area contributed by atoms with Crippen LogP contribution in [0.15, 0.2) is 36.4 Å². The van der Waals surface area contributed by atoms with Crippen LogP contribution in [0.2, 0.25) is 0 Å². The number of methoxy groups -OCH3 is 1. The van der Waals surface area contributed by atoms with Gasteiger partial charge in [-0.05, 0) is 29.7 Å². The quantitative estimate of drug-likeness (QED) is 0.780. The summed E-state index contributed by atoms with van der Waals surface area (Å²) in [5.74, 6) is -2.08. The lowest BCUT2D eigenvalue weighted by Crippen LogP contribution is -2.26. The molecule has 0 unspecified atom stereocenters. The molecule has 0 atom stereocenters. The van der Waals surface area contributed by atoms with Crippen molar-refractivity contribution in [3.63, 3.8) is 0 Å². The van der Waals surface area contributed by atoms with Crippen LogP contribution in [0.1, 0.15) is 42.2 Å². The minimum absolute atomic E-state index is 0.0510. The van der Waals surface area contributed by atoms with E-state index in [0.717, 1.165) is 18.4 Å². The van der Waals surface area contributed by atoms with Gasteiger partial charge in [0.25, 0.3) is 0 Å². The zero-order valence-electron chi connectivity index (χ0n) is 14.4. The number of hydrogen-bond donors (Lipinski definition) is 0. The van der Waals surface area contributed by atoms with Gasteiger partial charge in [0.1, 0.15) is 0 Å². The lowest BCUT2D eigenvalue weighted by Gasteiger charge is -2.30. The Morgan fingerprint density at radius 3 is 2.28 bits per heavy atom. The highest BCUT2D eigenvalue weighted by atomic mass is 19.2. The predicted molar refractivity (Wildman–Crippen MR) is 90.7 cm³/mol. The van der Waals surface area contributed by atoms with E-state index in [9.17, 15) is 8.78 Å². The van der Waals surface area contributed by atoms with E-state index >= 15 is 0 Å². The lowest BCUT2D eigenvalue weighted by molar-refractivity contribution is -0.193. The van der Waals surface area contributed by atoms with Crippen LogP contribution in [0.3, 0.4) is 0 Å². The molecule has 0 spiro atoms. The molecule has 1 saturated heterocycles. The van der Waals surface area contributed by atoms with Gasteiger partial charge < -0.3 is 14.2 Å². The number of rotatable bonds is 5. The van der Waals surface area contributed by atoms with Crippen LogP contribution in [0.4, 0.5) is 8.78 Å². The van der Waals surface area contributed by atoms with E-state index in [1.54, 1.807) is 0 Å². The molecule has 0 aromatic heterocycles. The van der Waals surface area contributed by atoms with Crippen LogP contribution in [-0.4, -0.2) is 20.3 Å². The zero-order chi connectivity index (χ0) is 17.8. The molecule has 0 N–H and O–H groups in total. The summed E-state index contributed by atoms with van der Waals surface area (Å²) in [5, 5.41) is 0. The normalized spacial score (nSPS) is 20.5. The summed E-state index contributed by atoms with van der Waals surface area (Å²) in [6, 6.07) is 11.2. The Hall–Kier alpha value is -1.98. The van der Waals surface area contributed by atoms with Gasteiger partial charge in [-0.25, -0.2) is 4.39 Å². The molecule has 25 heavy (non-hydrogen) atoms. The van der Waals surface area contributed by atoms with Gasteiger partial charge in [-0.3, -0.25) is 0 Å². The van der Waals surface area contributed by atoms with Crippen molar-refractivity contribution >= 4 is 0 Å². The SMILES string of the molecule is CCCc1ccc(C2COC(c3ccc(OC)c(F)c3F)OC2)cc1. The van der Waals surface area contributed by atoms with E-state index in [-0.39, 0.29) is 17.2 Å². The summed E-state index contributed by atoms with van der Waals surface area (Å²) in [6.07, 6.45) is 1.26. The number of halogens is 2. The molecule has 0 aliphatic carbocycles. The van der Waals surface area contributed by atoms with Crippen molar-refractivity contribution in [1.82, 2.24) is 0 Å². The zero-order valence-corrected chi connectivity index (χ0v) is 14.4. The summed E-state index contributed by atoms with van der Waals surface area (Å²) in [4.78, 5) is 0. The molecule has 3 nitrogen and oxygen atoms in total. The van der Waals surface area contributed by atoms with E-state index in [1.807, 2.05) is 0 Å². The Kier molecular flexibility index (Phi) is 5.66. The summed E-state index contributed by atoms with van der Waals surface area (Å²) in [7, 11) is 1.29. The highest BCUT2D eigenvalue weighted by Crippen LogP contribution is 2.33. The molecule has 1 heterocycles. The van der Waals surface area contributed by atoms with E-state index in [4.69, 9.17) is 14.2 Å². The van der Waals surface area contributed by atoms with Crippen molar-refractivity contribution in [1.29, 1.82) is 0 Å². The van der Waals surface area contributed by atoms with Gasteiger partial charge in [0.2, 0.25) is 5.82 Å². The molecule has 1 aliphatic heterocycles. The molecule has 1 fully saturated rings. The number of benzene rings is 2. The minimum atomic E-state index is -1.03. The Balaban J connectivity index is 1.66. The van der Waals surface area contributed by atoms with Gasteiger partial charge >= 0.3 is 0 Å². The fraction of sp³-hybridized carbons (Fsp3) is 0.400. The average molecular weight is 348 g/mol. The molecule has 0 saturated carbocycles. The highest BCUT2D eigenvalue weighted by molar-refractivity contribution is 5.32. The second kappa shape index (κ2) is 7.93. The molecule has 134 valence electrons. The van der Waals surface area contributed by atoms with Crippen molar-refractivity contribution in [3.05, 3.63) is 64.7 Å². The van der Waals surface area contributed by atoms with Crippen LogP contribution in [0, 0.1) is 11.6 Å². The smallest absolute Gasteiger partial charge is 0.201 e. The Labute approximate surface area is 146 Å². The summed E-state index contributed by atoms with van der Waals surface area (Å²) in [5.41, 5.74) is 2.48. The van der Waals surface area contributed by atoms with Crippen LogP contribution in [0.25, 0.3) is 0 Å². The van der Waals surface area contributed by atoms with Gasteiger partial charge in [0, 0.05) is 11.5 Å². The van der Waals surface area contributed by atoms with E-state index in [2.05, 4.69) is 31.2 Å². The molecule has 3 rings (SSSR count). The van der Waals surface area contributed by atoms with Crippen molar-refractivity contribution in [2.24, 2.45) is 0 Å². The Morgan fingerprint density at radius 1 is 1.00 bits per heavy atom. The first-order chi connectivity index (χ1) is 12.1. The molecule has 2 aromatic rings. The molecule has 5 heteroatoms. The third-order valence-corrected chi connectivity index (χ3v) is 4.44. The summed E-state index contributed by atoms with van der Waals surface area (Å²) >= 11 is 0. The molecule has 1 aliphatic rings. The molecular formula is C20H22F2O3. The number of aryl methyl sites for hydroxylation is 1. The molecular weight excluding hydrogens is 326 g/mol. The maximum absolute atomic E-state index is 14.2. The third-order valence-electron chi connectivity index (χ3n) is 4.44. The topological polar surface area (TPSA) is 27.7 Å². The second-order valence-electron chi connectivity index (χ2n) is 6.17. The lowest BCUT2D eigenvalue weighted by atomic mass is 9.97. The third kappa shape index (κ3) is 3.83. The van der Waals surface area contributed by atoms with Gasteiger partial charge in [0.05, 0.1) is 20.3 Å². The molecule has 0 bridgehead atoms. The van der Waals surface area contributed by atoms with E-state index in [0.29, 0.717) is 13.2 Å². The number of ether oxygens (including phenoxy) is 3. The largest absolute Gasteiger partial charge is 0.494 e. The summed E-state index contributed by atoms with van der Waals surface area (Å²) < 4.78 is 44.1. The van der Waals surface area contributed by atoms with Crippen LogP contribution < -0.4 is 4.74 Å². The van der Waals surface area contributed by atoms with Crippen molar-refractivity contribution in [3.8, 4) is 5.75 Å². The van der Waals surface area contributed by atoms with Crippen LogP contribution >= 0.6 is 0 Å². The van der Waals surface area contributed by atoms with Gasteiger partial charge in [-0.1, -0.05) is 37.6 Å². The van der Waals surface area contributed by atoms with Crippen LogP contribution in [-0.2, 0) is 15.9 Å². The summed E-state index contributed by atoms with van der Waals surface area (Å²) in [6.45, 7) is 2.94. The van der Waals surface area contributed by atoms with Gasteiger partial charge in [-0.15, -0.1) is 0 Å².